The highest BCUT2D eigenvalue weighted by Gasteiger charge is 2.21. The van der Waals surface area contributed by atoms with Crippen LogP contribution in [-0.4, -0.2) is 52.4 Å². The van der Waals surface area contributed by atoms with Crippen molar-refractivity contribution >= 4 is 21.6 Å². The summed E-state index contributed by atoms with van der Waals surface area (Å²) in [7, 11) is 0. The van der Waals surface area contributed by atoms with Gasteiger partial charge in [-0.15, -0.1) is 11.3 Å². The van der Waals surface area contributed by atoms with Crippen LogP contribution in [0.2, 0.25) is 0 Å². The van der Waals surface area contributed by atoms with Crippen molar-refractivity contribution in [1.82, 2.24) is 14.9 Å². The van der Waals surface area contributed by atoms with Gasteiger partial charge in [-0.05, 0) is 44.7 Å². The number of aromatic amines is 1. The molecule has 0 amide bonds. The molecule has 2 heterocycles. The van der Waals surface area contributed by atoms with Gasteiger partial charge in [-0.1, -0.05) is 6.92 Å². The number of thiophene rings is 1. The van der Waals surface area contributed by atoms with E-state index in [2.05, 4.69) is 16.8 Å². The van der Waals surface area contributed by atoms with Crippen LogP contribution >= 0.6 is 11.3 Å². The van der Waals surface area contributed by atoms with E-state index >= 15 is 0 Å². The van der Waals surface area contributed by atoms with Crippen LogP contribution < -0.4 is 5.56 Å². The van der Waals surface area contributed by atoms with Crippen molar-refractivity contribution < 1.29 is 9.84 Å². The molecule has 0 saturated carbocycles. The molecule has 0 radical (unpaired) electrons. The molecule has 0 unspecified atom stereocenters. The van der Waals surface area contributed by atoms with Gasteiger partial charge < -0.3 is 14.8 Å². The fourth-order valence-corrected chi connectivity index (χ4v) is 4.77. The van der Waals surface area contributed by atoms with Crippen molar-refractivity contribution in [3.8, 4) is 0 Å². The minimum atomic E-state index is -0.535. The Morgan fingerprint density at radius 1 is 1.40 bits per heavy atom. The molecule has 1 aliphatic rings. The van der Waals surface area contributed by atoms with E-state index < -0.39 is 6.10 Å². The lowest BCUT2D eigenvalue weighted by Gasteiger charge is -2.24. The third-order valence-corrected chi connectivity index (χ3v) is 5.71. The molecular weight excluding hydrogens is 338 g/mol. The van der Waals surface area contributed by atoms with E-state index in [0.717, 1.165) is 42.4 Å². The van der Waals surface area contributed by atoms with Crippen molar-refractivity contribution in [2.75, 3.05) is 26.3 Å². The van der Waals surface area contributed by atoms with Crippen molar-refractivity contribution in [3.05, 3.63) is 26.6 Å². The van der Waals surface area contributed by atoms with Gasteiger partial charge >= 0.3 is 0 Å². The van der Waals surface area contributed by atoms with E-state index in [-0.39, 0.29) is 5.56 Å². The zero-order chi connectivity index (χ0) is 17.8. The second kappa shape index (κ2) is 8.40. The quantitative estimate of drug-likeness (QED) is 0.711. The Kier molecular flexibility index (Phi) is 6.22. The maximum atomic E-state index is 12.5. The summed E-state index contributed by atoms with van der Waals surface area (Å²) < 4.78 is 5.29. The summed E-state index contributed by atoms with van der Waals surface area (Å²) in [6.07, 6.45) is 3.64. The molecule has 2 aromatic heterocycles. The van der Waals surface area contributed by atoms with Gasteiger partial charge in [0.15, 0.2) is 0 Å². The number of fused-ring (bicyclic) bond motifs is 3. The number of aliphatic hydroxyl groups excluding tert-OH is 1. The van der Waals surface area contributed by atoms with Gasteiger partial charge in [0, 0.05) is 18.0 Å². The van der Waals surface area contributed by atoms with Crippen LogP contribution in [-0.2, 0) is 24.1 Å². The number of nitrogens with zero attached hydrogens (tertiary/aromatic N) is 2. The predicted octanol–water partition coefficient (Wildman–Crippen LogP) is 2.08. The highest BCUT2D eigenvalue weighted by atomic mass is 32.1. The Labute approximate surface area is 151 Å². The van der Waals surface area contributed by atoms with Crippen molar-refractivity contribution in [2.24, 2.45) is 0 Å². The average Bonchev–Trinajstić information content (AvgIpc) is 3.13. The van der Waals surface area contributed by atoms with Crippen LogP contribution in [0.15, 0.2) is 4.79 Å². The molecule has 1 atom stereocenters. The summed E-state index contributed by atoms with van der Waals surface area (Å²) >= 11 is 1.66. The van der Waals surface area contributed by atoms with Crippen LogP contribution in [0.5, 0.6) is 0 Å². The summed E-state index contributed by atoms with van der Waals surface area (Å²) in [6.45, 7) is 6.83. The lowest BCUT2D eigenvalue weighted by molar-refractivity contribution is 0.0192. The molecule has 2 aromatic rings. The molecule has 0 saturated heterocycles. The molecule has 3 rings (SSSR count). The predicted molar refractivity (Wildman–Crippen MR) is 100 cm³/mol. The largest absolute Gasteiger partial charge is 0.389 e. The number of aryl methyl sites for hydroxylation is 2. The third-order valence-electron chi connectivity index (χ3n) is 4.52. The Bertz CT molecular complexity index is 771. The number of aliphatic hydroxyl groups is 1. The zero-order valence-corrected chi connectivity index (χ0v) is 15.8. The second-order valence-corrected chi connectivity index (χ2v) is 7.68. The molecule has 7 heteroatoms. The maximum absolute atomic E-state index is 12.5. The topological polar surface area (TPSA) is 78.5 Å². The lowest BCUT2D eigenvalue weighted by Crippen LogP contribution is -2.36. The first-order valence-corrected chi connectivity index (χ1v) is 9.95. The first kappa shape index (κ1) is 18.5. The molecular formula is C18H27N3O3S. The van der Waals surface area contributed by atoms with Gasteiger partial charge in [0.2, 0.25) is 0 Å². The van der Waals surface area contributed by atoms with Crippen LogP contribution in [0.1, 0.15) is 43.0 Å². The van der Waals surface area contributed by atoms with Crippen LogP contribution in [0.3, 0.4) is 0 Å². The number of H-pyrrole nitrogens is 1. The van der Waals surface area contributed by atoms with E-state index in [1.807, 2.05) is 6.92 Å². The Balaban J connectivity index is 1.76. The molecule has 25 heavy (non-hydrogen) atoms. The van der Waals surface area contributed by atoms with E-state index in [4.69, 9.17) is 9.72 Å². The van der Waals surface area contributed by atoms with Crippen molar-refractivity contribution in [3.63, 3.8) is 0 Å². The van der Waals surface area contributed by atoms with Gasteiger partial charge in [0.1, 0.15) is 10.7 Å². The summed E-state index contributed by atoms with van der Waals surface area (Å²) in [4.78, 5) is 24.5. The average molecular weight is 365 g/mol. The standard InChI is InChI=1S/C18H27N3O3S/c1-3-8-21(9-12(22)11-24-4-2)10-15-19-17(23)16-13-6-5-7-14(13)25-18(16)20-15/h12,22H,3-11H2,1-2H3,(H,19,20,23)/t12-/m1/s1. The lowest BCUT2D eigenvalue weighted by atomic mass is 10.2. The fraction of sp³-hybridized carbons (Fsp3) is 0.667. The van der Waals surface area contributed by atoms with E-state index in [1.54, 1.807) is 11.3 Å². The second-order valence-electron chi connectivity index (χ2n) is 6.60. The first-order chi connectivity index (χ1) is 12.1. The zero-order valence-electron chi connectivity index (χ0n) is 15.0. The minimum Gasteiger partial charge on any atom is -0.389 e. The SMILES string of the molecule is CCCN(Cc1nc2sc3c(c2c(=O)[nH]1)CCC3)C[C@@H](O)COCC. The Morgan fingerprint density at radius 2 is 2.24 bits per heavy atom. The Morgan fingerprint density at radius 3 is 3.00 bits per heavy atom. The number of ether oxygens (including phenoxy) is 1. The van der Waals surface area contributed by atoms with E-state index in [1.165, 1.54) is 10.4 Å². The fourth-order valence-electron chi connectivity index (χ4n) is 3.49. The van der Waals surface area contributed by atoms with Crippen molar-refractivity contribution in [1.29, 1.82) is 0 Å². The van der Waals surface area contributed by atoms with Gasteiger partial charge in [-0.3, -0.25) is 9.69 Å². The molecule has 0 aliphatic heterocycles. The highest BCUT2D eigenvalue weighted by molar-refractivity contribution is 7.18. The van der Waals surface area contributed by atoms with Crippen LogP contribution in [0.25, 0.3) is 10.2 Å². The third kappa shape index (κ3) is 4.28. The van der Waals surface area contributed by atoms with Gasteiger partial charge in [0.05, 0.1) is 24.6 Å². The van der Waals surface area contributed by atoms with E-state index in [0.29, 0.717) is 32.1 Å². The number of rotatable bonds is 9. The van der Waals surface area contributed by atoms with E-state index in [9.17, 15) is 9.90 Å². The number of aromatic nitrogens is 2. The van der Waals surface area contributed by atoms with Gasteiger partial charge in [-0.2, -0.15) is 0 Å². The molecule has 138 valence electrons. The molecule has 0 aromatic carbocycles. The summed E-state index contributed by atoms with van der Waals surface area (Å²) in [5, 5.41) is 10.9. The molecule has 1 aliphatic carbocycles. The Hall–Kier alpha value is -1.28. The summed E-state index contributed by atoms with van der Waals surface area (Å²) in [5.74, 6) is 0.675. The molecule has 0 spiro atoms. The van der Waals surface area contributed by atoms with Gasteiger partial charge in [0.25, 0.3) is 5.56 Å². The monoisotopic (exact) mass is 365 g/mol. The molecule has 6 nitrogen and oxygen atoms in total. The molecule has 0 fully saturated rings. The van der Waals surface area contributed by atoms with Gasteiger partial charge in [-0.25, -0.2) is 4.98 Å². The number of hydrogen-bond donors (Lipinski definition) is 2. The maximum Gasteiger partial charge on any atom is 0.259 e. The molecule has 2 N–H and O–H groups in total. The first-order valence-electron chi connectivity index (χ1n) is 9.14. The number of hydrogen-bond acceptors (Lipinski definition) is 6. The molecule has 0 bridgehead atoms. The minimum absolute atomic E-state index is 0.0225. The van der Waals surface area contributed by atoms with Crippen molar-refractivity contribution in [2.45, 2.75) is 52.2 Å². The summed E-state index contributed by atoms with van der Waals surface area (Å²) in [5.41, 5.74) is 1.18. The normalized spacial score (nSPS) is 15.2. The van der Waals surface area contributed by atoms with Crippen LogP contribution in [0, 0.1) is 0 Å². The smallest absolute Gasteiger partial charge is 0.259 e. The highest BCUT2D eigenvalue weighted by Crippen LogP contribution is 2.34. The number of nitrogens with one attached hydrogen (secondary N) is 1. The van der Waals surface area contributed by atoms with Crippen LogP contribution in [0.4, 0.5) is 0 Å². The summed E-state index contributed by atoms with van der Waals surface area (Å²) in [6, 6.07) is 0.